The number of halogens is 1. The summed E-state index contributed by atoms with van der Waals surface area (Å²) in [4.78, 5) is 12.0. The number of carbonyl (C=O) groups is 1. The molecule has 2 unspecified atom stereocenters. The minimum atomic E-state index is -0.257. The summed E-state index contributed by atoms with van der Waals surface area (Å²) in [5, 5.41) is 3.95. The minimum absolute atomic E-state index is 0.0526. The van der Waals surface area contributed by atoms with Gasteiger partial charge >= 0.3 is 0 Å². The molecule has 23 heavy (non-hydrogen) atoms. The van der Waals surface area contributed by atoms with Crippen molar-refractivity contribution in [1.29, 1.82) is 0 Å². The van der Waals surface area contributed by atoms with Crippen molar-refractivity contribution in [2.24, 2.45) is 11.0 Å². The average Bonchev–Trinajstić information content (AvgIpc) is 3.36. The number of hydrogen-bond donors (Lipinski definition) is 1. The van der Waals surface area contributed by atoms with Crippen molar-refractivity contribution in [2.45, 2.75) is 12.3 Å². The number of amides is 1. The second-order valence-corrected chi connectivity index (χ2v) is 5.48. The minimum Gasteiger partial charge on any atom is -0.497 e. The van der Waals surface area contributed by atoms with Gasteiger partial charge in [-0.1, -0.05) is 30.3 Å². The summed E-state index contributed by atoms with van der Waals surface area (Å²) in [5.41, 5.74) is 3.94. The largest absolute Gasteiger partial charge is 0.497 e. The first-order chi connectivity index (χ1) is 11.2. The van der Waals surface area contributed by atoms with Crippen LogP contribution in [0, 0.1) is 11.7 Å². The maximum atomic E-state index is 13.7. The molecule has 0 spiro atoms. The van der Waals surface area contributed by atoms with Gasteiger partial charge in [-0.05, 0) is 41.7 Å². The molecule has 2 atom stereocenters. The first-order valence-corrected chi connectivity index (χ1v) is 7.40. The summed E-state index contributed by atoms with van der Waals surface area (Å²) in [7, 11) is 1.59. The summed E-state index contributed by atoms with van der Waals surface area (Å²) in [6.45, 7) is 0. The van der Waals surface area contributed by atoms with Crippen molar-refractivity contribution in [1.82, 2.24) is 5.43 Å². The predicted molar refractivity (Wildman–Crippen MR) is 86.0 cm³/mol. The molecule has 1 aliphatic carbocycles. The Kier molecular flexibility index (Phi) is 4.37. The molecule has 1 N–H and O–H groups in total. The van der Waals surface area contributed by atoms with Gasteiger partial charge in [-0.15, -0.1) is 0 Å². The van der Waals surface area contributed by atoms with Crippen LogP contribution in [0.15, 0.2) is 53.6 Å². The standard InChI is InChI=1S/C18H17FN2O2/c1-23-13-6-4-5-12(9-13)11-20-21-18(22)16-10-15(16)14-7-2-3-8-17(14)19/h2-9,11,15-16H,10H2,1H3,(H,21,22)/b20-11+. The summed E-state index contributed by atoms with van der Waals surface area (Å²) >= 11 is 0. The van der Waals surface area contributed by atoms with Gasteiger partial charge in [-0.3, -0.25) is 4.79 Å². The smallest absolute Gasteiger partial charge is 0.243 e. The van der Waals surface area contributed by atoms with Crippen LogP contribution in [0.4, 0.5) is 4.39 Å². The van der Waals surface area contributed by atoms with Gasteiger partial charge in [0.2, 0.25) is 5.91 Å². The molecular weight excluding hydrogens is 295 g/mol. The monoisotopic (exact) mass is 312 g/mol. The lowest BCUT2D eigenvalue weighted by molar-refractivity contribution is -0.122. The predicted octanol–water partition coefficient (Wildman–Crippen LogP) is 3.09. The fourth-order valence-corrected chi connectivity index (χ4v) is 2.58. The highest BCUT2D eigenvalue weighted by Crippen LogP contribution is 2.48. The summed E-state index contributed by atoms with van der Waals surface area (Å²) in [6.07, 6.45) is 2.21. The zero-order valence-electron chi connectivity index (χ0n) is 12.7. The Bertz CT molecular complexity index is 745. The van der Waals surface area contributed by atoms with Crippen molar-refractivity contribution in [2.75, 3.05) is 7.11 Å². The quantitative estimate of drug-likeness (QED) is 0.681. The van der Waals surface area contributed by atoms with Gasteiger partial charge in [0.25, 0.3) is 0 Å². The van der Waals surface area contributed by atoms with Crippen LogP contribution < -0.4 is 10.2 Å². The third kappa shape index (κ3) is 3.56. The lowest BCUT2D eigenvalue weighted by atomic mass is 10.1. The highest BCUT2D eigenvalue weighted by Gasteiger charge is 2.45. The highest BCUT2D eigenvalue weighted by molar-refractivity contribution is 5.85. The van der Waals surface area contributed by atoms with Crippen LogP contribution >= 0.6 is 0 Å². The second kappa shape index (κ2) is 6.60. The Morgan fingerprint density at radius 3 is 2.91 bits per heavy atom. The van der Waals surface area contributed by atoms with Crippen molar-refractivity contribution >= 4 is 12.1 Å². The van der Waals surface area contributed by atoms with Crippen molar-refractivity contribution in [3.05, 3.63) is 65.5 Å². The molecule has 0 radical (unpaired) electrons. The van der Waals surface area contributed by atoms with Crippen LogP contribution in [0.5, 0.6) is 5.75 Å². The Morgan fingerprint density at radius 1 is 1.30 bits per heavy atom. The molecule has 0 saturated heterocycles. The number of hydrogen-bond acceptors (Lipinski definition) is 3. The normalized spacial score (nSPS) is 19.6. The average molecular weight is 312 g/mol. The number of carbonyl (C=O) groups excluding carboxylic acids is 1. The van der Waals surface area contributed by atoms with E-state index in [4.69, 9.17) is 4.74 Å². The maximum Gasteiger partial charge on any atom is 0.243 e. The molecule has 0 aliphatic heterocycles. The molecule has 3 rings (SSSR count). The van der Waals surface area contributed by atoms with Gasteiger partial charge in [0.1, 0.15) is 11.6 Å². The van der Waals surface area contributed by atoms with Gasteiger partial charge in [0.15, 0.2) is 0 Å². The van der Waals surface area contributed by atoms with Crippen LogP contribution in [0.2, 0.25) is 0 Å². The molecule has 0 heterocycles. The van der Waals surface area contributed by atoms with Crippen LogP contribution in [-0.4, -0.2) is 19.2 Å². The van der Waals surface area contributed by atoms with Gasteiger partial charge in [0, 0.05) is 5.92 Å². The van der Waals surface area contributed by atoms with Crippen molar-refractivity contribution in [3.63, 3.8) is 0 Å². The Balaban J connectivity index is 1.56. The van der Waals surface area contributed by atoms with Crippen molar-refractivity contribution < 1.29 is 13.9 Å². The lowest BCUT2D eigenvalue weighted by Crippen LogP contribution is -2.20. The second-order valence-electron chi connectivity index (χ2n) is 5.48. The van der Waals surface area contributed by atoms with Crippen LogP contribution in [0.1, 0.15) is 23.5 Å². The van der Waals surface area contributed by atoms with E-state index in [-0.39, 0.29) is 23.6 Å². The fourth-order valence-electron chi connectivity index (χ4n) is 2.58. The van der Waals surface area contributed by atoms with E-state index >= 15 is 0 Å². The van der Waals surface area contributed by atoms with Crippen LogP contribution in [-0.2, 0) is 4.79 Å². The molecule has 5 heteroatoms. The van der Waals surface area contributed by atoms with E-state index < -0.39 is 0 Å². The zero-order chi connectivity index (χ0) is 16.2. The maximum absolute atomic E-state index is 13.7. The summed E-state index contributed by atoms with van der Waals surface area (Å²) in [5.74, 6) is 0.0183. The van der Waals surface area contributed by atoms with E-state index in [1.807, 2.05) is 24.3 Å². The van der Waals surface area contributed by atoms with Gasteiger partial charge in [0.05, 0.1) is 13.3 Å². The molecule has 2 aromatic carbocycles. The molecule has 1 aliphatic rings. The first-order valence-electron chi connectivity index (χ1n) is 7.40. The molecule has 2 aromatic rings. The third-order valence-corrected chi connectivity index (χ3v) is 3.91. The number of hydrazone groups is 1. The van der Waals surface area contributed by atoms with E-state index in [1.165, 1.54) is 6.07 Å². The molecule has 0 bridgehead atoms. The van der Waals surface area contributed by atoms with E-state index in [0.29, 0.717) is 12.0 Å². The van der Waals surface area contributed by atoms with E-state index in [9.17, 15) is 9.18 Å². The highest BCUT2D eigenvalue weighted by atomic mass is 19.1. The number of methoxy groups -OCH3 is 1. The topological polar surface area (TPSA) is 50.7 Å². The Morgan fingerprint density at radius 2 is 2.13 bits per heavy atom. The number of nitrogens with zero attached hydrogens (tertiary/aromatic N) is 1. The lowest BCUT2D eigenvalue weighted by Gasteiger charge is -2.02. The van der Waals surface area contributed by atoms with Gasteiger partial charge < -0.3 is 4.74 Å². The van der Waals surface area contributed by atoms with Crippen molar-refractivity contribution in [3.8, 4) is 5.75 Å². The van der Waals surface area contributed by atoms with Crippen LogP contribution in [0.25, 0.3) is 0 Å². The molecule has 118 valence electrons. The SMILES string of the molecule is COc1cccc(/C=N/NC(=O)C2CC2c2ccccc2F)c1. The van der Waals surface area contributed by atoms with E-state index in [1.54, 1.807) is 31.5 Å². The van der Waals surface area contributed by atoms with Crippen LogP contribution in [0.3, 0.4) is 0 Å². The number of nitrogens with one attached hydrogen (secondary N) is 1. The molecule has 1 fully saturated rings. The molecule has 0 aromatic heterocycles. The van der Waals surface area contributed by atoms with E-state index in [0.717, 1.165) is 11.3 Å². The molecule has 1 saturated carbocycles. The molecule has 1 amide bonds. The zero-order valence-corrected chi connectivity index (χ0v) is 12.7. The Labute approximate surface area is 134 Å². The number of benzene rings is 2. The number of rotatable bonds is 5. The van der Waals surface area contributed by atoms with E-state index in [2.05, 4.69) is 10.5 Å². The first kappa shape index (κ1) is 15.2. The van der Waals surface area contributed by atoms with Gasteiger partial charge in [-0.2, -0.15) is 5.10 Å². The molecular formula is C18H17FN2O2. The summed E-state index contributed by atoms with van der Waals surface area (Å²) < 4.78 is 18.8. The Hall–Kier alpha value is -2.69. The summed E-state index contributed by atoms with van der Waals surface area (Å²) in [6, 6.07) is 13.9. The van der Waals surface area contributed by atoms with Gasteiger partial charge in [-0.25, -0.2) is 9.82 Å². The number of ether oxygens (including phenoxy) is 1. The molecule has 4 nitrogen and oxygen atoms in total. The third-order valence-electron chi connectivity index (χ3n) is 3.91. The fraction of sp³-hybridized carbons (Fsp3) is 0.222.